The Labute approximate surface area is 129 Å². The SMILES string of the molecule is CCOc1ccc(CC(=O)Nc2cccc(SC)c2)cc1. The quantitative estimate of drug-likeness (QED) is 0.820. The van der Waals surface area contributed by atoms with Crippen LogP contribution in [0.25, 0.3) is 0 Å². The lowest BCUT2D eigenvalue weighted by Crippen LogP contribution is -2.14. The van der Waals surface area contributed by atoms with Gasteiger partial charge in [-0.25, -0.2) is 0 Å². The van der Waals surface area contributed by atoms with Crippen LogP contribution >= 0.6 is 11.8 Å². The zero-order chi connectivity index (χ0) is 15.1. The van der Waals surface area contributed by atoms with Gasteiger partial charge < -0.3 is 10.1 Å². The number of ether oxygens (including phenoxy) is 1. The molecule has 0 aliphatic heterocycles. The summed E-state index contributed by atoms with van der Waals surface area (Å²) in [6.45, 7) is 2.59. The van der Waals surface area contributed by atoms with Crippen molar-refractivity contribution in [3.05, 3.63) is 54.1 Å². The minimum atomic E-state index is -0.0163. The predicted molar refractivity (Wildman–Crippen MR) is 88.2 cm³/mol. The lowest BCUT2D eigenvalue weighted by molar-refractivity contribution is -0.115. The van der Waals surface area contributed by atoms with Crippen LogP contribution in [0.5, 0.6) is 5.75 Å². The number of nitrogens with one attached hydrogen (secondary N) is 1. The van der Waals surface area contributed by atoms with Crippen LogP contribution in [0.3, 0.4) is 0 Å². The van der Waals surface area contributed by atoms with E-state index in [1.807, 2.05) is 61.7 Å². The molecule has 21 heavy (non-hydrogen) atoms. The molecule has 0 aliphatic rings. The number of carbonyl (C=O) groups is 1. The number of hydrogen-bond acceptors (Lipinski definition) is 3. The van der Waals surface area contributed by atoms with E-state index in [2.05, 4.69) is 5.32 Å². The van der Waals surface area contributed by atoms with Gasteiger partial charge in [-0.15, -0.1) is 11.8 Å². The molecule has 1 N–H and O–H groups in total. The fourth-order valence-electron chi connectivity index (χ4n) is 1.96. The van der Waals surface area contributed by atoms with Gasteiger partial charge in [0.05, 0.1) is 13.0 Å². The highest BCUT2D eigenvalue weighted by Gasteiger charge is 2.05. The van der Waals surface area contributed by atoms with Crippen molar-refractivity contribution < 1.29 is 9.53 Å². The van der Waals surface area contributed by atoms with E-state index in [0.29, 0.717) is 13.0 Å². The van der Waals surface area contributed by atoms with Crippen molar-refractivity contribution in [2.45, 2.75) is 18.2 Å². The van der Waals surface area contributed by atoms with Crippen LogP contribution in [-0.4, -0.2) is 18.8 Å². The molecule has 0 atom stereocenters. The summed E-state index contributed by atoms with van der Waals surface area (Å²) >= 11 is 1.66. The monoisotopic (exact) mass is 301 g/mol. The van der Waals surface area contributed by atoms with Crippen molar-refractivity contribution in [2.24, 2.45) is 0 Å². The van der Waals surface area contributed by atoms with Crippen LogP contribution in [-0.2, 0) is 11.2 Å². The van der Waals surface area contributed by atoms with Gasteiger partial charge in [0.15, 0.2) is 0 Å². The Bertz CT molecular complexity index is 596. The molecule has 0 aliphatic carbocycles. The van der Waals surface area contributed by atoms with Crippen LogP contribution in [0.2, 0.25) is 0 Å². The van der Waals surface area contributed by atoms with Gasteiger partial charge in [0.25, 0.3) is 0 Å². The maximum absolute atomic E-state index is 12.0. The van der Waals surface area contributed by atoms with Crippen molar-refractivity contribution in [3.63, 3.8) is 0 Å². The van der Waals surface area contributed by atoms with Crippen LogP contribution in [0, 0.1) is 0 Å². The molecule has 0 saturated carbocycles. The van der Waals surface area contributed by atoms with Gasteiger partial charge >= 0.3 is 0 Å². The van der Waals surface area contributed by atoms with Crippen molar-refractivity contribution in [1.82, 2.24) is 0 Å². The molecular formula is C17H19NO2S. The molecule has 0 saturated heterocycles. The summed E-state index contributed by atoms with van der Waals surface area (Å²) in [5, 5.41) is 2.92. The summed E-state index contributed by atoms with van der Waals surface area (Å²) in [5.41, 5.74) is 1.80. The van der Waals surface area contributed by atoms with E-state index in [1.165, 1.54) is 0 Å². The molecule has 0 aromatic heterocycles. The molecule has 1 amide bonds. The Balaban J connectivity index is 1.94. The highest BCUT2D eigenvalue weighted by Crippen LogP contribution is 2.19. The molecular weight excluding hydrogens is 282 g/mol. The van der Waals surface area contributed by atoms with Gasteiger partial charge in [0.1, 0.15) is 5.75 Å². The Morgan fingerprint density at radius 3 is 2.62 bits per heavy atom. The highest BCUT2D eigenvalue weighted by molar-refractivity contribution is 7.98. The summed E-state index contributed by atoms with van der Waals surface area (Å²) in [6.07, 6.45) is 2.37. The lowest BCUT2D eigenvalue weighted by Gasteiger charge is -2.07. The Kier molecular flexibility index (Phi) is 5.69. The average molecular weight is 301 g/mol. The highest BCUT2D eigenvalue weighted by atomic mass is 32.2. The standard InChI is InChI=1S/C17H19NO2S/c1-3-20-15-9-7-13(8-10-15)11-17(19)18-14-5-4-6-16(12-14)21-2/h4-10,12H,3,11H2,1-2H3,(H,18,19). The average Bonchev–Trinajstić information content (AvgIpc) is 2.49. The van der Waals surface area contributed by atoms with Crippen molar-refractivity contribution in [1.29, 1.82) is 0 Å². The van der Waals surface area contributed by atoms with Gasteiger partial charge in [-0.2, -0.15) is 0 Å². The molecule has 2 aromatic rings. The summed E-state index contributed by atoms with van der Waals surface area (Å²) in [7, 11) is 0. The number of hydrogen-bond donors (Lipinski definition) is 1. The number of amides is 1. The van der Waals surface area contributed by atoms with E-state index in [1.54, 1.807) is 11.8 Å². The first-order chi connectivity index (χ1) is 10.2. The number of carbonyl (C=O) groups excluding carboxylic acids is 1. The van der Waals surface area contributed by atoms with Crippen LogP contribution in [0.4, 0.5) is 5.69 Å². The van der Waals surface area contributed by atoms with Crippen LogP contribution < -0.4 is 10.1 Å². The topological polar surface area (TPSA) is 38.3 Å². The maximum Gasteiger partial charge on any atom is 0.228 e. The first-order valence-electron chi connectivity index (χ1n) is 6.87. The molecule has 0 fully saturated rings. The van der Waals surface area contributed by atoms with E-state index in [-0.39, 0.29) is 5.91 Å². The summed E-state index contributed by atoms with van der Waals surface area (Å²) < 4.78 is 5.38. The summed E-state index contributed by atoms with van der Waals surface area (Å²) in [5.74, 6) is 0.812. The van der Waals surface area contributed by atoms with Gasteiger partial charge in [0.2, 0.25) is 5.91 Å². The van der Waals surface area contributed by atoms with Gasteiger partial charge in [-0.3, -0.25) is 4.79 Å². The van der Waals surface area contributed by atoms with Gasteiger partial charge in [-0.05, 0) is 49.1 Å². The fraction of sp³-hybridized carbons (Fsp3) is 0.235. The van der Waals surface area contributed by atoms with E-state index >= 15 is 0 Å². The largest absolute Gasteiger partial charge is 0.494 e. The third-order valence-electron chi connectivity index (χ3n) is 2.95. The van der Waals surface area contributed by atoms with Gasteiger partial charge in [-0.1, -0.05) is 18.2 Å². The molecule has 110 valence electrons. The van der Waals surface area contributed by atoms with E-state index < -0.39 is 0 Å². The number of rotatable bonds is 6. The molecule has 4 heteroatoms. The minimum Gasteiger partial charge on any atom is -0.494 e. The first kappa shape index (κ1) is 15.4. The smallest absolute Gasteiger partial charge is 0.228 e. The number of benzene rings is 2. The van der Waals surface area contributed by atoms with E-state index in [0.717, 1.165) is 21.9 Å². The summed E-state index contributed by atoms with van der Waals surface area (Å²) in [6, 6.07) is 15.5. The second kappa shape index (κ2) is 7.74. The molecule has 0 radical (unpaired) electrons. The third kappa shape index (κ3) is 4.83. The fourth-order valence-corrected chi connectivity index (χ4v) is 2.42. The Morgan fingerprint density at radius 2 is 1.95 bits per heavy atom. The van der Waals surface area contributed by atoms with E-state index in [4.69, 9.17) is 4.74 Å². The van der Waals surface area contributed by atoms with Crippen LogP contribution in [0.1, 0.15) is 12.5 Å². The first-order valence-corrected chi connectivity index (χ1v) is 8.09. The number of anilines is 1. The van der Waals surface area contributed by atoms with Crippen LogP contribution in [0.15, 0.2) is 53.4 Å². The summed E-state index contributed by atoms with van der Waals surface area (Å²) in [4.78, 5) is 13.2. The molecule has 0 heterocycles. The number of thioether (sulfide) groups is 1. The van der Waals surface area contributed by atoms with Gasteiger partial charge in [0, 0.05) is 10.6 Å². The molecule has 0 spiro atoms. The molecule has 0 unspecified atom stereocenters. The molecule has 0 bridgehead atoms. The second-order valence-electron chi connectivity index (χ2n) is 4.53. The minimum absolute atomic E-state index is 0.0163. The molecule has 2 aromatic carbocycles. The Morgan fingerprint density at radius 1 is 1.19 bits per heavy atom. The normalized spacial score (nSPS) is 10.2. The maximum atomic E-state index is 12.0. The Hall–Kier alpha value is -1.94. The molecule has 2 rings (SSSR count). The lowest BCUT2D eigenvalue weighted by atomic mass is 10.1. The zero-order valence-corrected chi connectivity index (χ0v) is 13.1. The third-order valence-corrected chi connectivity index (χ3v) is 3.68. The molecule has 3 nitrogen and oxygen atoms in total. The van der Waals surface area contributed by atoms with Crippen molar-refractivity contribution >= 4 is 23.4 Å². The van der Waals surface area contributed by atoms with E-state index in [9.17, 15) is 4.79 Å². The van der Waals surface area contributed by atoms with Crippen molar-refractivity contribution in [3.8, 4) is 5.75 Å². The second-order valence-corrected chi connectivity index (χ2v) is 5.41. The zero-order valence-electron chi connectivity index (χ0n) is 12.3. The van der Waals surface area contributed by atoms with Crippen molar-refractivity contribution in [2.75, 3.05) is 18.2 Å². The predicted octanol–water partition coefficient (Wildman–Crippen LogP) is 3.99.